The smallest absolute Gasteiger partial charge is 0.254 e. The molecule has 10 heteroatoms. The van der Waals surface area contributed by atoms with E-state index in [1.54, 1.807) is 50.5 Å². The Bertz CT molecular complexity index is 1070. The van der Waals surface area contributed by atoms with Gasteiger partial charge in [0.2, 0.25) is 11.0 Å². The van der Waals surface area contributed by atoms with Crippen LogP contribution in [0.2, 0.25) is 0 Å². The van der Waals surface area contributed by atoms with Crippen molar-refractivity contribution in [2.75, 3.05) is 46.3 Å². The van der Waals surface area contributed by atoms with Gasteiger partial charge in [0.15, 0.2) is 0 Å². The van der Waals surface area contributed by atoms with Crippen LogP contribution in [-0.4, -0.2) is 67.9 Å². The number of rotatable bonds is 11. The van der Waals surface area contributed by atoms with E-state index in [9.17, 15) is 9.59 Å². The van der Waals surface area contributed by atoms with E-state index in [1.165, 1.54) is 11.3 Å². The standard InChI is InChI=1S/C23H26N4O5S/c1-30-14-13-27(22(29)17-5-4-6-19(15-17)32-3)12-11-20(28)24-23-26-25-21(33-23)16-7-9-18(31-2)10-8-16/h4-10,15H,11-14H2,1-3H3,(H,24,26,28). The van der Waals surface area contributed by atoms with Crippen LogP contribution < -0.4 is 14.8 Å². The van der Waals surface area contributed by atoms with Crippen molar-refractivity contribution < 1.29 is 23.8 Å². The van der Waals surface area contributed by atoms with E-state index in [-0.39, 0.29) is 24.8 Å². The summed E-state index contributed by atoms with van der Waals surface area (Å²) in [5.74, 6) is 0.886. The molecular formula is C23H26N4O5S. The molecule has 0 unspecified atom stereocenters. The Balaban J connectivity index is 1.59. The molecule has 1 N–H and O–H groups in total. The third-order valence-corrected chi connectivity index (χ3v) is 5.67. The number of anilines is 1. The molecule has 0 atom stereocenters. The molecule has 9 nitrogen and oxygen atoms in total. The van der Waals surface area contributed by atoms with Gasteiger partial charge in [-0.05, 0) is 42.5 Å². The Kier molecular flexibility index (Phi) is 8.73. The Morgan fingerprint density at radius 3 is 2.42 bits per heavy atom. The second kappa shape index (κ2) is 11.9. The normalized spacial score (nSPS) is 10.5. The minimum absolute atomic E-state index is 0.108. The van der Waals surface area contributed by atoms with Gasteiger partial charge in [-0.25, -0.2) is 0 Å². The summed E-state index contributed by atoms with van der Waals surface area (Å²) < 4.78 is 15.5. The van der Waals surface area contributed by atoms with Crippen molar-refractivity contribution in [2.45, 2.75) is 6.42 Å². The van der Waals surface area contributed by atoms with Gasteiger partial charge in [-0.1, -0.05) is 17.4 Å². The molecule has 0 fully saturated rings. The van der Waals surface area contributed by atoms with Gasteiger partial charge < -0.3 is 24.4 Å². The molecule has 0 saturated heterocycles. The van der Waals surface area contributed by atoms with Gasteiger partial charge in [0.1, 0.15) is 16.5 Å². The number of benzene rings is 2. The van der Waals surface area contributed by atoms with E-state index < -0.39 is 0 Å². The van der Waals surface area contributed by atoms with Crippen LogP contribution in [0.3, 0.4) is 0 Å². The van der Waals surface area contributed by atoms with Crippen molar-refractivity contribution in [3.8, 4) is 22.1 Å². The van der Waals surface area contributed by atoms with Crippen LogP contribution >= 0.6 is 11.3 Å². The monoisotopic (exact) mass is 470 g/mol. The molecule has 3 rings (SSSR count). The number of hydrogen-bond donors (Lipinski definition) is 1. The third kappa shape index (κ3) is 6.74. The van der Waals surface area contributed by atoms with Crippen molar-refractivity contribution in [1.82, 2.24) is 15.1 Å². The molecule has 174 valence electrons. The van der Waals surface area contributed by atoms with Gasteiger partial charge in [0.05, 0.1) is 20.8 Å². The lowest BCUT2D eigenvalue weighted by Gasteiger charge is -2.22. The van der Waals surface area contributed by atoms with E-state index in [2.05, 4.69) is 15.5 Å². The number of carbonyl (C=O) groups excluding carboxylic acids is 2. The molecule has 2 aromatic carbocycles. The highest BCUT2D eigenvalue weighted by atomic mass is 32.1. The average Bonchev–Trinajstić information content (AvgIpc) is 3.32. The molecule has 0 radical (unpaired) electrons. The number of carbonyl (C=O) groups is 2. The van der Waals surface area contributed by atoms with E-state index in [4.69, 9.17) is 14.2 Å². The molecule has 0 spiro atoms. The van der Waals surface area contributed by atoms with Crippen molar-refractivity contribution >= 4 is 28.3 Å². The van der Waals surface area contributed by atoms with E-state index >= 15 is 0 Å². The molecule has 0 aliphatic rings. The Morgan fingerprint density at radius 1 is 0.970 bits per heavy atom. The third-order valence-electron chi connectivity index (χ3n) is 4.79. The topological polar surface area (TPSA) is 103 Å². The predicted octanol–water partition coefficient (Wildman–Crippen LogP) is 3.34. The van der Waals surface area contributed by atoms with Crippen LogP contribution in [0.4, 0.5) is 5.13 Å². The fourth-order valence-corrected chi connectivity index (χ4v) is 3.76. The Hall–Kier alpha value is -3.50. The minimum Gasteiger partial charge on any atom is -0.497 e. The number of nitrogens with one attached hydrogen (secondary N) is 1. The zero-order chi connectivity index (χ0) is 23.6. The largest absolute Gasteiger partial charge is 0.497 e. The quantitative estimate of drug-likeness (QED) is 0.458. The maximum absolute atomic E-state index is 12.9. The Labute approximate surface area is 196 Å². The van der Waals surface area contributed by atoms with Gasteiger partial charge in [0.25, 0.3) is 5.91 Å². The summed E-state index contributed by atoms with van der Waals surface area (Å²) >= 11 is 1.27. The van der Waals surface area contributed by atoms with Gasteiger partial charge in [-0.3, -0.25) is 9.59 Å². The molecule has 2 amide bonds. The second-order valence-corrected chi connectivity index (χ2v) is 7.93. The highest BCUT2D eigenvalue weighted by Gasteiger charge is 2.18. The minimum atomic E-state index is -0.256. The van der Waals surface area contributed by atoms with Gasteiger partial charge >= 0.3 is 0 Å². The number of ether oxygens (including phenoxy) is 3. The van der Waals surface area contributed by atoms with Crippen LogP contribution in [0.15, 0.2) is 48.5 Å². The van der Waals surface area contributed by atoms with Crippen molar-refractivity contribution in [2.24, 2.45) is 0 Å². The maximum atomic E-state index is 12.9. The highest BCUT2D eigenvalue weighted by molar-refractivity contribution is 7.18. The second-order valence-electron chi connectivity index (χ2n) is 6.96. The van der Waals surface area contributed by atoms with Crippen LogP contribution in [-0.2, 0) is 9.53 Å². The van der Waals surface area contributed by atoms with E-state index in [1.807, 2.05) is 24.3 Å². The number of nitrogens with zero attached hydrogens (tertiary/aromatic N) is 3. The first-order valence-corrected chi connectivity index (χ1v) is 11.1. The van der Waals surface area contributed by atoms with Crippen LogP contribution in [0.25, 0.3) is 10.6 Å². The summed E-state index contributed by atoms with van der Waals surface area (Å²) in [7, 11) is 4.72. The van der Waals surface area contributed by atoms with E-state index in [0.717, 1.165) is 11.3 Å². The van der Waals surface area contributed by atoms with Crippen molar-refractivity contribution in [1.29, 1.82) is 0 Å². The molecular weight excluding hydrogens is 444 g/mol. The Morgan fingerprint density at radius 2 is 1.73 bits per heavy atom. The zero-order valence-corrected chi connectivity index (χ0v) is 19.6. The van der Waals surface area contributed by atoms with Crippen LogP contribution in [0.5, 0.6) is 11.5 Å². The number of hydrogen-bond acceptors (Lipinski definition) is 8. The first kappa shape index (κ1) is 24.1. The number of amides is 2. The summed E-state index contributed by atoms with van der Waals surface area (Å²) in [6.45, 7) is 0.953. The number of methoxy groups -OCH3 is 3. The fraction of sp³-hybridized carbons (Fsp3) is 0.304. The van der Waals surface area contributed by atoms with Crippen LogP contribution in [0.1, 0.15) is 16.8 Å². The lowest BCUT2D eigenvalue weighted by Crippen LogP contribution is -2.36. The summed E-state index contributed by atoms with van der Waals surface area (Å²) in [5.41, 5.74) is 1.36. The maximum Gasteiger partial charge on any atom is 0.254 e. The highest BCUT2D eigenvalue weighted by Crippen LogP contribution is 2.27. The molecule has 0 saturated carbocycles. The number of aromatic nitrogens is 2. The van der Waals surface area contributed by atoms with Gasteiger partial charge in [0, 0.05) is 37.7 Å². The zero-order valence-electron chi connectivity index (χ0n) is 18.7. The van der Waals surface area contributed by atoms with Crippen LogP contribution in [0, 0.1) is 0 Å². The summed E-state index contributed by atoms with van der Waals surface area (Å²) in [6.07, 6.45) is 0.108. The summed E-state index contributed by atoms with van der Waals surface area (Å²) in [6, 6.07) is 14.3. The molecule has 1 heterocycles. The van der Waals surface area contributed by atoms with Crippen molar-refractivity contribution in [3.63, 3.8) is 0 Å². The van der Waals surface area contributed by atoms with Crippen molar-refractivity contribution in [3.05, 3.63) is 54.1 Å². The lowest BCUT2D eigenvalue weighted by atomic mass is 10.2. The van der Waals surface area contributed by atoms with Gasteiger partial charge in [-0.2, -0.15) is 0 Å². The lowest BCUT2D eigenvalue weighted by molar-refractivity contribution is -0.116. The molecule has 1 aromatic heterocycles. The SMILES string of the molecule is COCCN(CCC(=O)Nc1nnc(-c2ccc(OC)cc2)s1)C(=O)c1cccc(OC)c1. The molecule has 0 bridgehead atoms. The molecule has 3 aromatic rings. The fourth-order valence-electron chi connectivity index (χ4n) is 3.00. The predicted molar refractivity (Wildman–Crippen MR) is 126 cm³/mol. The first-order chi connectivity index (χ1) is 16.0. The first-order valence-electron chi connectivity index (χ1n) is 10.2. The average molecular weight is 471 g/mol. The summed E-state index contributed by atoms with van der Waals surface area (Å²) in [5, 5.41) is 12.0. The molecule has 0 aliphatic carbocycles. The van der Waals surface area contributed by atoms with Gasteiger partial charge in [-0.15, -0.1) is 10.2 Å². The molecule has 33 heavy (non-hydrogen) atoms. The summed E-state index contributed by atoms with van der Waals surface area (Å²) in [4.78, 5) is 27.0. The molecule has 0 aliphatic heterocycles. The van der Waals surface area contributed by atoms with E-state index in [0.29, 0.717) is 34.6 Å².